The monoisotopic (exact) mass is 469 g/mol. The van der Waals surface area contributed by atoms with Crippen LogP contribution in [0, 0.1) is 5.41 Å². The average molecular weight is 470 g/mol. The Hall–Kier alpha value is -1.30. The van der Waals surface area contributed by atoms with Gasteiger partial charge in [0.15, 0.2) is 0 Å². The maximum absolute atomic E-state index is 12.7. The van der Waals surface area contributed by atoms with Crippen molar-refractivity contribution < 1.29 is 14.7 Å². The van der Waals surface area contributed by atoms with Crippen molar-refractivity contribution in [2.24, 2.45) is 5.41 Å². The van der Waals surface area contributed by atoms with Gasteiger partial charge in [-0.1, -0.05) is 6.92 Å². The molecule has 8 N–H and O–H groups in total. The fourth-order valence-corrected chi connectivity index (χ4v) is 4.43. The van der Waals surface area contributed by atoms with Crippen LogP contribution in [0.4, 0.5) is 0 Å². The minimum Gasteiger partial charge on any atom is -0.481 e. The molecule has 0 unspecified atom stereocenters. The quantitative estimate of drug-likeness (QED) is 0.250. The Morgan fingerprint density at radius 1 is 0.697 bits per heavy atom. The van der Waals surface area contributed by atoms with Gasteiger partial charge in [-0.25, -0.2) is 0 Å². The molecule has 0 atom stereocenters. The van der Waals surface area contributed by atoms with E-state index in [1.54, 1.807) is 0 Å². The van der Waals surface area contributed by atoms with E-state index < -0.39 is 11.5 Å². The van der Waals surface area contributed by atoms with Gasteiger partial charge in [0.05, 0.1) is 5.54 Å². The second-order valence-electron chi connectivity index (χ2n) is 10.0. The molecule has 0 aromatic heterocycles. The largest absolute Gasteiger partial charge is 0.481 e. The third kappa shape index (κ3) is 12.1. The van der Waals surface area contributed by atoms with Crippen LogP contribution in [-0.2, 0) is 9.59 Å². The Morgan fingerprint density at radius 2 is 1.09 bits per heavy atom. The van der Waals surface area contributed by atoms with Crippen molar-refractivity contribution in [2.75, 3.05) is 78.5 Å². The summed E-state index contributed by atoms with van der Waals surface area (Å²) in [6.07, 6.45) is 3.64. The molecule has 3 saturated heterocycles. The predicted molar refractivity (Wildman–Crippen MR) is 132 cm³/mol. The predicted octanol–water partition coefficient (Wildman–Crippen LogP) is -1.16. The number of rotatable bonds is 5. The molecule has 0 aromatic rings. The van der Waals surface area contributed by atoms with Gasteiger partial charge >= 0.3 is 5.97 Å². The molecule has 3 heterocycles. The number of carbonyl (C=O) groups excluding carboxylic acids is 1. The molecule has 3 rings (SSSR count). The zero-order chi connectivity index (χ0) is 23.8. The first-order valence-corrected chi connectivity index (χ1v) is 12.7. The summed E-state index contributed by atoms with van der Waals surface area (Å²) in [7, 11) is 0. The summed E-state index contributed by atoms with van der Waals surface area (Å²) in [5, 5.41) is 33.7. The van der Waals surface area contributed by atoms with Crippen LogP contribution in [0.25, 0.3) is 0 Å². The van der Waals surface area contributed by atoms with E-state index in [4.69, 9.17) is 5.11 Å². The van der Waals surface area contributed by atoms with Gasteiger partial charge in [0.2, 0.25) is 5.91 Å². The van der Waals surface area contributed by atoms with Crippen LogP contribution in [0.5, 0.6) is 0 Å². The first-order chi connectivity index (χ1) is 15.9. The Bertz CT molecular complexity index is 528. The summed E-state index contributed by atoms with van der Waals surface area (Å²) >= 11 is 0. The molecule has 0 spiro atoms. The van der Waals surface area contributed by atoms with E-state index in [0.717, 1.165) is 78.2 Å². The van der Waals surface area contributed by atoms with Crippen LogP contribution in [0.15, 0.2) is 0 Å². The highest BCUT2D eigenvalue weighted by molar-refractivity contribution is 5.77. The number of carboxylic acid groups (broad SMARTS) is 1. The molecule has 3 aliphatic heterocycles. The maximum Gasteiger partial charge on any atom is 0.303 e. The smallest absolute Gasteiger partial charge is 0.303 e. The zero-order valence-corrected chi connectivity index (χ0v) is 20.5. The molecule has 10 nitrogen and oxygen atoms in total. The average Bonchev–Trinajstić information content (AvgIpc) is 2.75. The highest BCUT2D eigenvalue weighted by Gasteiger charge is 2.31. The lowest BCUT2D eigenvalue weighted by Gasteiger charge is -2.37. The Kier molecular flexibility index (Phi) is 13.2. The molecule has 3 aliphatic rings. The zero-order valence-electron chi connectivity index (χ0n) is 20.5. The number of hydrogen-bond donors (Lipinski definition) is 8. The molecule has 0 saturated carbocycles. The van der Waals surface area contributed by atoms with Crippen molar-refractivity contribution in [1.29, 1.82) is 0 Å². The van der Waals surface area contributed by atoms with Crippen molar-refractivity contribution in [3.63, 3.8) is 0 Å². The van der Waals surface area contributed by atoms with Gasteiger partial charge in [0.25, 0.3) is 0 Å². The molecule has 192 valence electrons. The summed E-state index contributed by atoms with van der Waals surface area (Å²) < 4.78 is 0. The Labute approximate surface area is 199 Å². The van der Waals surface area contributed by atoms with Crippen LogP contribution >= 0.6 is 0 Å². The number of carbonyl (C=O) groups is 2. The Balaban J connectivity index is 2.09. The van der Waals surface area contributed by atoms with Gasteiger partial charge in [-0.15, -0.1) is 0 Å². The van der Waals surface area contributed by atoms with Crippen LogP contribution in [0.3, 0.4) is 0 Å². The summed E-state index contributed by atoms with van der Waals surface area (Å²) in [6, 6.07) is 0. The molecular formula is C23H47N7O3. The van der Waals surface area contributed by atoms with E-state index >= 15 is 0 Å². The third-order valence-corrected chi connectivity index (χ3v) is 6.37. The fraction of sp³-hybridized carbons (Fsp3) is 0.913. The van der Waals surface area contributed by atoms with Crippen molar-refractivity contribution >= 4 is 11.9 Å². The molecule has 0 radical (unpaired) electrons. The molecule has 0 aromatic carbocycles. The van der Waals surface area contributed by atoms with E-state index in [2.05, 4.69) is 44.1 Å². The van der Waals surface area contributed by atoms with Crippen molar-refractivity contribution in [2.45, 2.75) is 51.0 Å². The standard InChI is InChI=1S/C23H47N7O3/c1-22-14-24-8-3-11-27-17-23(18-28-12-4-9-25-15-22,19-29-13-5-10-26-16-22)30-20(31)6-2-7-21(32)33/h24-29H,2-19H2,1H3,(H,30,31)(H,32,33)/t22-,23-. The molecule has 2 bridgehead atoms. The van der Waals surface area contributed by atoms with Gasteiger partial charge in [0, 0.05) is 57.5 Å². The van der Waals surface area contributed by atoms with Gasteiger partial charge in [-0.2, -0.15) is 0 Å². The van der Waals surface area contributed by atoms with Crippen molar-refractivity contribution in [3.8, 4) is 0 Å². The molecule has 1 amide bonds. The van der Waals surface area contributed by atoms with Crippen LogP contribution < -0.4 is 37.2 Å². The van der Waals surface area contributed by atoms with Gasteiger partial charge in [-0.3, -0.25) is 9.59 Å². The Morgan fingerprint density at radius 3 is 1.48 bits per heavy atom. The lowest BCUT2D eigenvalue weighted by atomic mass is 9.90. The SMILES string of the molecule is C[C@]12CNCCCNC[C@](NC(=O)CCCC(=O)O)(CNCCCNC1)CNCCCNC2. The number of hydrogen-bond acceptors (Lipinski definition) is 8. The van der Waals surface area contributed by atoms with E-state index in [1.165, 1.54) is 0 Å². The van der Waals surface area contributed by atoms with E-state index in [9.17, 15) is 9.59 Å². The minimum absolute atomic E-state index is 0.0151. The molecule has 3 fully saturated rings. The van der Waals surface area contributed by atoms with Crippen molar-refractivity contribution in [3.05, 3.63) is 0 Å². The van der Waals surface area contributed by atoms with Crippen LogP contribution in [0.1, 0.15) is 45.4 Å². The normalized spacial score (nSPS) is 29.6. The van der Waals surface area contributed by atoms with E-state index in [-0.39, 0.29) is 24.2 Å². The molecular weight excluding hydrogens is 422 g/mol. The summed E-state index contributed by atoms with van der Waals surface area (Å²) in [5.74, 6) is -0.953. The molecule has 0 aliphatic carbocycles. The number of aliphatic carboxylic acids is 1. The van der Waals surface area contributed by atoms with Gasteiger partial charge < -0.3 is 42.3 Å². The highest BCUT2D eigenvalue weighted by atomic mass is 16.4. The van der Waals surface area contributed by atoms with Gasteiger partial charge in [-0.05, 0) is 65.0 Å². The van der Waals surface area contributed by atoms with Crippen molar-refractivity contribution in [1.82, 2.24) is 37.2 Å². The van der Waals surface area contributed by atoms with Gasteiger partial charge in [0.1, 0.15) is 0 Å². The lowest BCUT2D eigenvalue weighted by molar-refractivity contribution is -0.137. The second-order valence-corrected chi connectivity index (χ2v) is 10.0. The molecule has 10 heteroatoms. The van der Waals surface area contributed by atoms with Crippen LogP contribution in [-0.4, -0.2) is 101 Å². The lowest BCUT2D eigenvalue weighted by Crippen LogP contribution is -2.65. The molecule has 33 heavy (non-hydrogen) atoms. The first-order valence-electron chi connectivity index (χ1n) is 12.7. The number of amides is 1. The van der Waals surface area contributed by atoms with Crippen LogP contribution in [0.2, 0.25) is 0 Å². The topological polar surface area (TPSA) is 139 Å². The fourth-order valence-electron chi connectivity index (χ4n) is 4.43. The maximum atomic E-state index is 12.7. The minimum atomic E-state index is -0.864. The number of fused-ring (bicyclic) bond motifs is 18. The summed E-state index contributed by atoms with van der Waals surface area (Å²) in [6.45, 7) is 12.7. The summed E-state index contributed by atoms with van der Waals surface area (Å²) in [5.41, 5.74) is -0.302. The number of nitrogens with one attached hydrogen (secondary N) is 7. The van der Waals surface area contributed by atoms with E-state index in [1.807, 2.05) is 0 Å². The van der Waals surface area contributed by atoms with E-state index in [0.29, 0.717) is 26.1 Å². The second kappa shape index (κ2) is 15.6. The highest BCUT2D eigenvalue weighted by Crippen LogP contribution is 2.13. The summed E-state index contributed by atoms with van der Waals surface area (Å²) in [4.78, 5) is 23.5. The third-order valence-electron chi connectivity index (χ3n) is 6.37. The first kappa shape index (κ1) is 27.9. The number of carboxylic acids is 1.